The van der Waals surface area contributed by atoms with Crippen LogP contribution in [-0.2, 0) is 11.3 Å². The van der Waals surface area contributed by atoms with E-state index in [0.717, 1.165) is 24.5 Å². The number of carbonyl (C=O) groups excluding carboxylic acids is 1. The fraction of sp³-hybridized carbons (Fsp3) is 0.357. The molecule has 0 aliphatic rings. The third-order valence-corrected chi connectivity index (χ3v) is 3.05. The van der Waals surface area contributed by atoms with E-state index in [0.29, 0.717) is 0 Å². The van der Waals surface area contributed by atoms with Gasteiger partial charge >= 0.3 is 0 Å². The molecule has 1 heterocycles. The van der Waals surface area contributed by atoms with E-state index in [-0.39, 0.29) is 12.5 Å². The summed E-state index contributed by atoms with van der Waals surface area (Å²) in [6.45, 7) is 6.34. The van der Waals surface area contributed by atoms with Crippen molar-refractivity contribution < 1.29 is 4.79 Å². The predicted molar refractivity (Wildman–Crippen MR) is 78.7 cm³/mol. The fourth-order valence-electron chi connectivity index (χ4n) is 2.01. The molecule has 1 aromatic heterocycles. The van der Waals surface area contributed by atoms with Crippen LogP contribution in [0.2, 0.25) is 0 Å². The largest absolute Gasteiger partial charge is 0.372 e. The summed E-state index contributed by atoms with van der Waals surface area (Å²) in [6, 6.07) is 7.84. The molecule has 0 radical (unpaired) electrons. The lowest BCUT2D eigenvalue weighted by molar-refractivity contribution is -0.116. The van der Waals surface area contributed by atoms with Crippen molar-refractivity contribution in [2.45, 2.75) is 20.4 Å². The highest BCUT2D eigenvalue weighted by atomic mass is 16.2. The van der Waals surface area contributed by atoms with Crippen molar-refractivity contribution >= 4 is 17.3 Å². The van der Waals surface area contributed by atoms with Crippen LogP contribution in [0, 0.1) is 0 Å². The van der Waals surface area contributed by atoms with E-state index in [2.05, 4.69) is 34.1 Å². The molecule has 6 heteroatoms. The molecule has 0 aliphatic carbocycles. The molecule has 20 heavy (non-hydrogen) atoms. The fourth-order valence-corrected chi connectivity index (χ4v) is 2.01. The first-order chi connectivity index (χ1) is 9.72. The maximum absolute atomic E-state index is 11.8. The zero-order valence-electron chi connectivity index (χ0n) is 11.8. The third-order valence-electron chi connectivity index (χ3n) is 3.05. The van der Waals surface area contributed by atoms with Crippen LogP contribution in [0.1, 0.15) is 13.8 Å². The van der Waals surface area contributed by atoms with E-state index in [9.17, 15) is 4.79 Å². The van der Waals surface area contributed by atoms with Gasteiger partial charge in [-0.1, -0.05) is 0 Å². The van der Waals surface area contributed by atoms with Gasteiger partial charge in [-0.15, -0.1) is 0 Å². The molecule has 2 rings (SSSR count). The Hall–Kier alpha value is -2.37. The zero-order valence-corrected chi connectivity index (χ0v) is 11.8. The molecular formula is C14H19N5O. The van der Waals surface area contributed by atoms with Crippen LogP contribution in [-0.4, -0.2) is 33.8 Å². The SMILES string of the molecule is CCN(CC)c1ccc(NC(=O)Cn2cncn2)cc1. The van der Waals surface area contributed by atoms with E-state index < -0.39 is 0 Å². The lowest BCUT2D eigenvalue weighted by Gasteiger charge is -2.21. The first-order valence-corrected chi connectivity index (χ1v) is 6.70. The van der Waals surface area contributed by atoms with E-state index in [4.69, 9.17) is 0 Å². The van der Waals surface area contributed by atoms with Gasteiger partial charge in [0.1, 0.15) is 19.2 Å². The molecule has 1 amide bonds. The van der Waals surface area contributed by atoms with Gasteiger partial charge in [0.15, 0.2) is 0 Å². The van der Waals surface area contributed by atoms with E-state index in [1.54, 1.807) is 0 Å². The molecule has 1 N–H and O–H groups in total. The van der Waals surface area contributed by atoms with Gasteiger partial charge in [-0.3, -0.25) is 4.79 Å². The summed E-state index contributed by atoms with van der Waals surface area (Å²) in [5.74, 6) is -0.119. The second-order valence-corrected chi connectivity index (χ2v) is 4.36. The smallest absolute Gasteiger partial charge is 0.246 e. The van der Waals surface area contributed by atoms with Crippen molar-refractivity contribution in [2.24, 2.45) is 0 Å². The number of amides is 1. The minimum Gasteiger partial charge on any atom is -0.372 e. The Balaban J connectivity index is 1.95. The van der Waals surface area contributed by atoms with E-state index >= 15 is 0 Å². The summed E-state index contributed by atoms with van der Waals surface area (Å²) in [5.41, 5.74) is 1.94. The molecule has 0 atom stereocenters. The summed E-state index contributed by atoms with van der Waals surface area (Å²) in [5, 5.41) is 6.73. The topological polar surface area (TPSA) is 63.1 Å². The Morgan fingerprint density at radius 2 is 1.95 bits per heavy atom. The lowest BCUT2D eigenvalue weighted by atomic mass is 10.2. The summed E-state index contributed by atoms with van der Waals surface area (Å²) in [7, 11) is 0. The maximum atomic E-state index is 11.8. The summed E-state index contributed by atoms with van der Waals surface area (Å²) < 4.78 is 1.49. The van der Waals surface area contributed by atoms with Crippen LogP contribution < -0.4 is 10.2 Å². The molecule has 0 saturated heterocycles. The minimum absolute atomic E-state index is 0.119. The highest BCUT2D eigenvalue weighted by molar-refractivity contribution is 5.90. The Kier molecular flexibility index (Phi) is 4.70. The average molecular weight is 273 g/mol. The monoisotopic (exact) mass is 273 g/mol. The number of nitrogens with zero attached hydrogens (tertiary/aromatic N) is 4. The summed E-state index contributed by atoms with van der Waals surface area (Å²) in [4.78, 5) is 17.9. The Bertz CT molecular complexity index is 531. The van der Waals surface area contributed by atoms with Gasteiger partial charge in [0, 0.05) is 24.5 Å². The first-order valence-electron chi connectivity index (χ1n) is 6.70. The van der Waals surface area contributed by atoms with Gasteiger partial charge in [0.2, 0.25) is 5.91 Å². The van der Waals surface area contributed by atoms with Crippen LogP contribution in [0.3, 0.4) is 0 Å². The minimum atomic E-state index is -0.119. The highest BCUT2D eigenvalue weighted by Gasteiger charge is 2.05. The van der Waals surface area contributed by atoms with Gasteiger partial charge in [-0.25, -0.2) is 9.67 Å². The van der Waals surface area contributed by atoms with Gasteiger partial charge in [0.05, 0.1) is 0 Å². The van der Waals surface area contributed by atoms with Crippen LogP contribution in [0.4, 0.5) is 11.4 Å². The summed E-state index contributed by atoms with van der Waals surface area (Å²) >= 11 is 0. The van der Waals surface area contributed by atoms with Crippen LogP contribution in [0.5, 0.6) is 0 Å². The third kappa shape index (κ3) is 3.57. The molecule has 0 fully saturated rings. The Morgan fingerprint density at radius 3 is 2.50 bits per heavy atom. The van der Waals surface area contributed by atoms with Crippen LogP contribution in [0.25, 0.3) is 0 Å². The number of hydrogen-bond donors (Lipinski definition) is 1. The second kappa shape index (κ2) is 6.70. The molecular weight excluding hydrogens is 254 g/mol. The van der Waals surface area contributed by atoms with E-state index in [1.165, 1.54) is 17.3 Å². The number of nitrogens with one attached hydrogen (secondary N) is 1. The van der Waals surface area contributed by atoms with E-state index in [1.807, 2.05) is 24.3 Å². The summed E-state index contributed by atoms with van der Waals surface area (Å²) in [6.07, 6.45) is 2.93. The molecule has 0 spiro atoms. The average Bonchev–Trinajstić information content (AvgIpc) is 2.94. The van der Waals surface area contributed by atoms with Crippen molar-refractivity contribution in [3.05, 3.63) is 36.9 Å². The number of rotatable bonds is 6. The van der Waals surface area contributed by atoms with Crippen molar-refractivity contribution in [1.29, 1.82) is 0 Å². The molecule has 0 unspecified atom stereocenters. The Labute approximate surface area is 118 Å². The van der Waals surface area contributed by atoms with Gasteiger partial charge in [-0.2, -0.15) is 5.10 Å². The maximum Gasteiger partial charge on any atom is 0.246 e. The number of carbonyl (C=O) groups is 1. The van der Waals surface area contributed by atoms with Crippen LogP contribution in [0.15, 0.2) is 36.9 Å². The number of anilines is 2. The first kappa shape index (κ1) is 14.0. The van der Waals surface area contributed by atoms with Gasteiger partial charge in [0.25, 0.3) is 0 Å². The van der Waals surface area contributed by atoms with Crippen molar-refractivity contribution in [2.75, 3.05) is 23.3 Å². The molecule has 0 aliphatic heterocycles. The number of aromatic nitrogens is 3. The number of benzene rings is 1. The quantitative estimate of drug-likeness (QED) is 0.871. The van der Waals surface area contributed by atoms with Crippen molar-refractivity contribution in [3.63, 3.8) is 0 Å². The molecule has 6 nitrogen and oxygen atoms in total. The van der Waals surface area contributed by atoms with Gasteiger partial charge < -0.3 is 10.2 Å². The van der Waals surface area contributed by atoms with Crippen molar-refractivity contribution in [3.8, 4) is 0 Å². The standard InChI is InChI=1S/C14H19N5O/c1-3-18(4-2)13-7-5-12(6-8-13)17-14(20)9-19-11-15-10-16-19/h5-8,10-11H,3-4,9H2,1-2H3,(H,17,20). The predicted octanol–water partition coefficient (Wildman–Crippen LogP) is 1.76. The van der Waals surface area contributed by atoms with Crippen molar-refractivity contribution in [1.82, 2.24) is 14.8 Å². The lowest BCUT2D eigenvalue weighted by Crippen LogP contribution is -2.22. The highest BCUT2D eigenvalue weighted by Crippen LogP contribution is 2.17. The second-order valence-electron chi connectivity index (χ2n) is 4.36. The molecule has 106 valence electrons. The Morgan fingerprint density at radius 1 is 1.25 bits per heavy atom. The molecule has 0 saturated carbocycles. The molecule has 1 aromatic carbocycles. The normalized spacial score (nSPS) is 10.3. The molecule has 2 aromatic rings. The van der Waals surface area contributed by atoms with Gasteiger partial charge in [-0.05, 0) is 38.1 Å². The van der Waals surface area contributed by atoms with Crippen LogP contribution >= 0.6 is 0 Å². The zero-order chi connectivity index (χ0) is 14.4. The molecule has 0 bridgehead atoms. The number of hydrogen-bond acceptors (Lipinski definition) is 4.